The average Bonchev–Trinajstić information content (AvgIpc) is 2.34. The highest BCUT2D eigenvalue weighted by atomic mass is 15.2. The number of rotatable bonds is 8. The summed E-state index contributed by atoms with van der Waals surface area (Å²) in [6, 6.07) is 0. The fourth-order valence-electron chi connectivity index (χ4n) is 2.53. The number of nitrogens with one attached hydrogen (secondary N) is 1. The molecule has 1 heterocycles. The largest absolute Gasteiger partial charge is 0.316 e. The van der Waals surface area contributed by atoms with E-state index >= 15 is 0 Å². The highest BCUT2D eigenvalue weighted by Crippen LogP contribution is 2.14. The third-order valence-electron chi connectivity index (χ3n) is 3.66. The molecule has 0 aromatic carbocycles. The van der Waals surface area contributed by atoms with Crippen molar-refractivity contribution in [2.45, 2.75) is 32.6 Å². The molecule has 0 radical (unpaired) electrons. The normalized spacial score (nSPS) is 21.4. The van der Waals surface area contributed by atoms with Crippen molar-refractivity contribution >= 4 is 0 Å². The van der Waals surface area contributed by atoms with Crippen LogP contribution in [-0.4, -0.2) is 63.2 Å². The third kappa shape index (κ3) is 7.02. The summed E-state index contributed by atoms with van der Waals surface area (Å²) in [7, 11) is 4.32. The zero-order chi connectivity index (χ0) is 12.5. The maximum Gasteiger partial charge on any atom is 0.0109 e. The molecule has 3 heteroatoms. The summed E-state index contributed by atoms with van der Waals surface area (Å²) in [5, 5.41) is 3.51. The molecule has 0 aromatic rings. The Bertz CT molecular complexity index is 176. The molecular weight excluding hydrogens is 210 g/mol. The molecule has 1 N–H and O–H groups in total. The van der Waals surface area contributed by atoms with Gasteiger partial charge in [-0.25, -0.2) is 0 Å². The van der Waals surface area contributed by atoms with E-state index in [0.29, 0.717) is 0 Å². The molecule has 0 saturated carbocycles. The molecular formula is C14H31N3. The van der Waals surface area contributed by atoms with Crippen LogP contribution in [0, 0.1) is 5.92 Å². The van der Waals surface area contributed by atoms with Gasteiger partial charge in [0.05, 0.1) is 0 Å². The Kier molecular flexibility index (Phi) is 7.82. The zero-order valence-electron chi connectivity index (χ0n) is 12.0. The highest BCUT2D eigenvalue weighted by Gasteiger charge is 2.14. The topological polar surface area (TPSA) is 18.5 Å². The van der Waals surface area contributed by atoms with E-state index in [1.807, 2.05) is 0 Å². The van der Waals surface area contributed by atoms with Crippen LogP contribution in [0.25, 0.3) is 0 Å². The Morgan fingerprint density at radius 2 is 1.94 bits per heavy atom. The predicted molar refractivity (Wildman–Crippen MR) is 75.5 cm³/mol. The lowest BCUT2D eigenvalue weighted by atomic mass is 9.96. The van der Waals surface area contributed by atoms with E-state index in [1.165, 1.54) is 65.0 Å². The van der Waals surface area contributed by atoms with Crippen LogP contribution in [0.4, 0.5) is 0 Å². The van der Waals surface area contributed by atoms with E-state index in [-0.39, 0.29) is 0 Å². The summed E-state index contributed by atoms with van der Waals surface area (Å²) in [4.78, 5) is 4.92. The molecule has 0 spiro atoms. The highest BCUT2D eigenvalue weighted by molar-refractivity contribution is 4.71. The summed E-state index contributed by atoms with van der Waals surface area (Å²) in [5.41, 5.74) is 0. The lowest BCUT2D eigenvalue weighted by Crippen LogP contribution is -2.36. The van der Waals surface area contributed by atoms with Gasteiger partial charge in [0.1, 0.15) is 0 Å². The second-order valence-electron chi connectivity index (χ2n) is 5.65. The van der Waals surface area contributed by atoms with Crippen molar-refractivity contribution in [3.8, 4) is 0 Å². The van der Waals surface area contributed by atoms with Crippen LogP contribution in [0.3, 0.4) is 0 Å². The van der Waals surface area contributed by atoms with E-state index in [0.717, 1.165) is 5.92 Å². The molecule has 3 nitrogen and oxygen atoms in total. The molecule has 1 aliphatic rings. The summed E-state index contributed by atoms with van der Waals surface area (Å²) >= 11 is 0. The van der Waals surface area contributed by atoms with E-state index in [1.54, 1.807) is 0 Å². The molecule has 1 aliphatic heterocycles. The van der Waals surface area contributed by atoms with Crippen molar-refractivity contribution in [2.24, 2.45) is 5.92 Å². The molecule has 1 saturated heterocycles. The maximum atomic E-state index is 3.51. The quantitative estimate of drug-likeness (QED) is 0.697. The molecule has 1 unspecified atom stereocenters. The van der Waals surface area contributed by atoms with E-state index < -0.39 is 0 Å². The average molecular weight is 241 g/mol. The molecule has 1 fully saturated rings. The number of likely N-dealkylation sites (N-methyl/N-ethyl adjacent to an activating group) is 1. The van der Waals surface area contributed by atoms with Crippen molar-refractivity contribution < 1.29 is 0 Å². The summed E-state index contributed by atoms with van der Waals surface area (Å²) in [6.07, 6.45) is 5.45. The zero-order valence-corrected chi connectivity index (χ0v) is 12.0. The van der Waals surface area contributed by atoms with E-state index in [4.69, 9.17) is 0 Å². The number of hydrogen-bond acceptors (Lipinski definition) is 3. The summed E-state index contributed by atoms with van der Waals surface area (Å²) in [6.45, 7) is 9.71. The number of nitrogens with zero attached hydrogens (tertiary/aromatic N) is 2. The summed E-state index contributed by atoms with van der Waals surface area (Å²) < 4.78 is 0. The van der Waals surface area contributed by atoms with Gasteiger partial charge in [0.25, 0.3) is 0 Å². The van der Waals surface area contributed by atoms with Crippen LogP contribution in [0.2, 0.25) is 0 Å². The Morgan fingerprint density at radius 3 is 2.53 bits per heavy atom. The van der Waals surface area contributed by atoms with Crippen LogP contribution in [-0.2, 0) is 0 Å². The molecule has 102 valence electrons. The van der Waals surface area contributed by atoms with Gasteiger partial charge in [-0.2, -0.15) is 0 Å². The molecule has 1 rings (SSSR count). The molecule has 1 atom stereocenters. The second-order valence-corrected chi connectivity index (χ2v) is 5.65. The van der Waals surface area contributed by atoms with Gasteiger partial charge < -0.3 is 15.1 Å². The predicted octanol–water partition coefficient (Wildman–Crippen LogP) is 1.65. The van der Waals surface area contributed by atoms with Crippen LogP contribution in [0.1, 0.15) is 32.6 Å². The van der Waals surface area contributed by atoms with Crippen molar-refractivity contribution in [1.29, 1.82) is 0 Å². The summed E-state index contributed by atoms with van der Waals surface area (Å²) in [5.74, 6) is 0.919. The standard InChI is InChI=1S/C14H31N3/c1-4-9-17(12-11-16(2)3)10-7-14-6-5-8-15-13-14/h14-15H,4-13H2,1-3H3. The minimum absolute atomic E-state index is 0.919. The second kappa shape index (κ2) is 8.90. The lowest BCUT2D eigenvalue weighted by molar-refractivity contribution is 0.216. The first-order valence-corrected chi connectivity index (χ1v) is 7.30. The number of piperidine rings is 1. The Hall–Kier alpha value is -0.120. The SMILES string of the molecule is CCCN(CCC1CCCNC1)CCN(C)C. The third-order valence-corrected chi connectivity index (χ3v) is 3.66. The van der Waals surface area contributed by atoms with Crippen molar-refractivity contribution in [3.63, 3.8) is 0 Å². The minimum atomic E-state index is 0.919. The van der Waals surface area contributed by atoms with Gasteiger partial charge in [0, 0.05) is 13.1 Å². The number of hydrogen-bond donors (Lipinski definition) is 1. The molecule has 0 aliphatic carbocycles. The van der Waals surface area contributed by atoms with Crippen LogP contribution < -0.4 is 5.32 Å². The molecule has 0 amide bonds. The maximum absolute atomic E-state index is 3.51. The smallest absolute Gasteiger partial charge is 0.0109 e. The van der Waals surface area contributed by atoms with E-state index in [2.05, 4.69) is 36.1 Å². The van der Waals surface area contributed by atoms with Gasteiger partial charge in [-0.05, 0) is 71.9 Å². The minimum Gasteiger partial charge on any atom is -0.316 e. The van der Waals surface area contributed by atoms with Gasteiger partial charge >= 0.3 is 0 Å². The van der Waals surface area contributed by atoms with Crippen LogP contribution in [0.5, 0.6) is 0 Å². The van der Waals surface area contributed by atoms with Crippen LogP contribution >= 0.6 is 0 Å². The first kappa shape index (κ1) is 14.9. The fourth-order valence-corrected chi connectivity index (χ4v) is 2.53. The molecule has 17 heavy (non-hydrogen) atoms. The van der Waals surface area contributed by atoms with E-state index in [9.17, 15) is 0 Å². The van der Waals surface area contributed by atoms with Crippen molar-refractivity contribution in [1.82, 2.24) is 15.1 Å². The molecule has 0 bridgehead atoms. The van der Waals surface area contributed by atoms with Gasteiger partial charge in [-0.15, -0.1) is 0 Å². The van der Waals surface area contributed by atoms with Crippen LogP contribution in [0.15, 0.2) is 0 Å². The molecule has 0 aromatic heterocycles. The van der Waals surface area contributed by atoms with Gasteiger partial charge in [-0.3, -0.25) is 0 Å². The first-order chi connectivity index (χ1) is 8.22. The van der Waals surface area contributed by atoms with Crippen molar-refractivity contribution in [2.75, 3.05) is 53.4 Å². The Balaban J connectivity index is 2.17. The Morgan fingerprint density at radius 1 is 1.12 bits per heavy atom. The Labute approximate surface area is 108 Å². The first-order valence-electron chi connectivity index (χ1n) is 7.30. The lowest BCUT2D eigenvalue weighted by Gasteiger charge is -2.28. The van der Waals surface area contributed by atoms with Gasteiger partial charge in [-0.1, -0.05) is 6.92 Å². The fraction of sp³-hybridized carbons (Fsp3) is 1.00. The monoisotopic (exact) mass is 241 g/mol. The van der Waals surface area contributed by atoms with Gasteiger partial charge in [0.15, 0.2) is 0 Å². The van der Waals surface area contributed by atoms with Gasteiger partial charge in [0.2, 0.25) is 0 Å². The van der Waals surface area contributed by atoms with Crippen molar-refractivity contribution in [3.05, 3.63) is 0 Å².